The maximum Gasteiger partial charge on any atom is 0.326 e. The van der Waals surface area contributed by atoms with E-state index >= 15 is 0 Å². The third-order valence-corrected chi connectivity index (χ3v) is 3.18. The molecule has 6 nitrogen and oxygen atoms in total. The van der Waals surface area contributed by atoms with Crippen molar-refractivity contribution in [3.8, 4) is 0 Å². The third kappa shape index (κ3) is 7.39. The fourth-order valence-corrected chi connectivity index (χ4v) is 2.00. The number of amides is 1. The molecule has 0 bridgehead atoms. The number of carbonyl (C=O) groups is 2. The summed E-state index contributed by atoms with van der Waals surface area (Å²) in [6.07, 6.45) is 2.13. The molecule has 1 amide bonds. The highest BCUT2D eigenvalue weighted by atomic mass is 32.2. The Hall–Kier alpha value is -0.950. The number of hydrogen-bond acceptors (Lipinski definition) is 4. The van der Waals surface area contributed by atoms with Gasteiger partial charge in [-0.2, -0.15) is 0 Å². The number of carboxylic acids is 1. The van der Waals surface area contributed by atoms with Crippen LogP contribution in [0.5, 0.6) is 0 Å². The van der Waals surface area contributed by atoms with Gasteiger partial charge in [0.25, 0.3) is 0 Å². The zero-order valence-electron chi connectivity index (χ0n) is 11.0. The zero-order chi connectivity index (χ0) is 14.3. The summed E-state index contributed by atoms with van der Waals surface area (Å²) >= 11 is 0. The number of rotatable bonds is 8. The second kappa shape index (κ2) is 8.20. The highest BCUT2D eigenvalue weighted by molar-refractivity contribution is 7.84. The number of nitrogens with two attached hydrogens (primary N) is 1. The van der Waals surface area contributed by atoms with E-state index in [1.165, 1.54) is 6.26 Å². The molecular weight excluding hydrogens is 256 g/mol. The predicted octanol–water partition coefficient (Wildman–Crippen LogP) is -0.302. The van der Waals surface area contributed by atoms with Crippen LogP contribution in [0.3, 0.4) is 0 Å². The van der Waals surface area contributed by atoms with E-state index in [2.05, 4.69) is 5.32 Å². The van der Waals surface area contributed by atoms with Crippen LogP contribution in [-0.4, -0.2) is 45.3 Å². The van der Waals surface area contributed by atoms with E-state index in [-0.39, 0.29) is 18.1 Å². The van der Waals surface area contributed by atoms with E-state index in [1.54, 1.807) is 0 Å². The van der Waals surface area contributed by atoms with Crippen molar-refractivity contribution in [3.05, 3.63) is 0 Å². The molecule has 0 aromatic carbocycles. The lowest BCUT2D eigenvalue weighted by Gasteiger charge is -2.18. The normalized spacial score (nSPS) is 16.1. The Morgan fingerprint density at radius 3 is 2.33 bits per heavy atom. The van der Waals surface area contributed by atoms with Crippen molar-refractivity contribution in [2.75, 3.05) is 12.0 Å². The molecule has 3 atom stereocenters. The average molecular weight is 278 g/mol. The lowest BCUT2D eigenvalue weighted by atomic mass is 10.0. The Balaban J connectivity index is 4.35. The van der Waals surface area contributed by atoms with Gasteiger partial charge in [-0.15, -0.1) is 0 Å². The SMILES string of the molecule is CC(C)C[C@H](N)C(=O)N[C@@H](CCS(C)=O)C(=O)O. The van der Waals surface area contributed by atoms with Crippen molar-refractivity contribution in [2.24, 2.45) is 11.7 Å². The fourth-order valence-electron chi connectivity index (χ4n) is 1.43. The summed E-state index contributed by atoms with van der Waals surface area (Å²) in [5.41, 5.74) is 5.66. The van der Waals surface area contributed by atoms with Crippen molar-refractivity contribution in [2.45, 2.75) is 38.8 Å². The van der Waals surface area contributed by atoms with Gasteiger partial charge in [-0.25, -0.2) is 4.79 Å². The standard InChI is InChI=1S/C11H22N2O4S/c1-7(2)6-8(12)10(14)13-9(11(15)16)4-5-18(3)17/h7-9H,4-6,12H2,1-3H3,(H,13,14)(H,15,16)/t8-,9-,18?/m0/s1. The minimum Gasteiger partial charge on any atom is -0.480 e. The Labute approximate surface area is 110 Å². The van der Waals surface area contributed by atoms with Crippen molar-refractivity contribution in [1.82, 2.24) is 5.32 Å². The molecule has 1 unspecified atom stereocenters. The Bertz CT molecular complexity index is 320. The van der Waals surface area contributed by atoms with Crippen molar-refractivity contribution >= 4 is 22.7 Å². The molecule has 0 saturated carbocycles. The minimum absolute atomic E-state index is 0.137. The first-order valence-electron chi connectivity index (χ1n) is 5.82. The summed E-state index contributed by atoms with van der Waals surface area (Å²) in [6, 6.07) is -1.74. The van der Waals surface area contributed by atoms with Crippen molar-refractivity contribution in [1.29, 1.82) is 0 Å². The average Bonchev–Trinajstić information content (AvgIpc) is 2.21. The smallest absolute Gasteiger partial charge is 0.326 e. The lowest BCUT2D eigenvalue weighted by Crippen LogP contribution is -2.49. The van der Waals surface area contributed by atoms with E-state index in [0.29, 0.717) is 6.42 Å². The van der Waals surface area contributed by atoms with Gasteiger partial charge in [0.15, 0.2) is 0 Å². The van der Waals surface area contributed by atoms with E-state index in [4.69, 9.17) is 10.8 Å². The van der Waals surface area contributed by atoms with Crippen LogP contribution in [0.2, 0.25) is 0 Å². The number of carbonyl (C=O) groups excluding carboxylic acids is 1. The van der Waals surface area contributed by atoms with Crippen LogP contribution < -0.4 is 11.1 Å². The van der Waals surface area contributed by atoms with Gasteiger partial charge >= 0.3 is 5.97 Å². The Morgan fingerprint density at radius 2 is 1.94 bits per heavy atom. The topological polar surface area (TPSA) is 109 Å². The molecule has 0 fully saturated rings. The maximum atomic E-state index is 11.7. The first-order chi connectivity index (χ1) is 8.23. The molecule has 7 heteroatoms. The van der Waals surface area contributed by atoms with E-state index in [1.807, 2.05) is 13.8 Å². The Morgan fingerprint density at radius 1 is 1.39 bits per heavy atom. The largest absolute Gasteiger partial charge is 0.480 e. The molecule has 0 aliphatic heterocycles. The summed E-state index contributed by atoms with van der Waals surface area (Å²) in [6.45, 7) is 3.87. The first-order valence-corrected chi connectivity index (χ1v) is 7.55. The molecule has 0 aromatic rings. The van der Waals surface area contributed by atoms with Crippen LogP contribution in [0.4, 0.5) is 0 Å². The van der Waals surface area contributed by atoms with Crippen molar-refractivity contribution < 1.29 is 18.9 Å². The van der Waals surface area contributed by atoms with Gasteiger partial charge in [0.05, 0.1) is 6.04 Å². The molecule has 0 radical (unpaired) electrons. The molecule has 0 heterocycles. The maximum absolute atomic E-state index is 11.7. The molecular formula is C11H22N2O4S. The summed E-state index contributed by atoms with van der Waals surface area (Å²) in [5, 5.41) is 11.3. The van der Waals surface area contributed by atoms with Gasteiger partial charge in [0, 0.05) is 22.8 Å². The highest BCUT2D eigenvalue weighted by Gasteiger charge is 2.23. The summed E-state index contributed by atoms with van der Waals surface area (Å²) in [5.74, 6) is -1.11. The van der Waals surface area contributed by atoms with Crippen LogP contribution in [0, 0.1) is 5.92 Å². The van der Waals surface area contributed by atoms with Crippen LogP contribution in [0.15, 0.2) is 0 Å². The molecule has 0 rings (SSSR count). The fraction of sp³-hybridized carbons (Fsp3) is 0.818. The number of nitrogens with one attached hydrogen (secondary N) is 1. The lowest BCUT2D eigenvalue weighted by molar-refractivity contribution is -0.142. The number of aliphatic carboxylic acids is 1. The van der Waals surface area contributed by atoms with Crippen LogP contribution in [0.25, 0.3) is 0 Å². The van der Waals surface area contributed by atoms with Gasteiger partial charge in [0.2, 0.25) is 5.91 Å². The second-order valence-corrected chi connectivity index (χ2v) is 6.26. The minimum atomic E-state index is -1.13. The second-order valence-electron chi connectivity index (χ2n) is 4.70. The molecule has 0 saturated heterocycles. The zero-order valence-corrected chi connectivity index (χ0v) is 11.8. The van der Waals surface area contributed by atoms with Gasteiger partial charge < -0.3 is 16.2 Å². The van der Waals surface area contributed by atoms with Gasteiger partial charge in [-0.1, -0.05) is 13.8 Å². The summed E-state index contributed by atoms with van der Waals surface area (Å²) in [4.78, 5) is 22.6. The van der Waals surface area contributed by atoms with Gasteiger partial charge in [0.1, 0.15) is 6.04 Å². The number of carboxylic acid groups (broad SMARTS) is 1. The molecule has 0 spiro atoms. The monoisotopic (exact) mass is 278 g/mol. The molecule has 18 heavy (non-hydrogen) atoms. The summed E-state index contributed by atoms with van der Waals surface area (Å²) in [7, 11) is -1.08. The van der Waals surface area contributed by atoms with Crippen LogP contribution in [-0.2, 0) is 20.4 Å². The van der Waals surface area contributed by atoms with E-state index in [0.717, 1.165) is 0 Å². The van der Waals surface area contributed by atoms with E-state index in [9.17, 15) is 13.8 Å². The van der Waals surface area contributed by atoms with Crippen LogP contribution in [0.1, 0.15) is 26.7 Å². The predicted molar refractivity (Wildman–Crippen MR) is 70.5 cm³/mol. The Kier molecular flexibility index (Phi) is 7.77. The molecule has 0 aromatic heterocycles. The molecule has 0 aliphatic carbocycles. The van der Waals surface area contributed by atoms with Gasteiger partial charge in [-0.05, 0) is 18.8 Å². The third-order valence-electron chi connectivity index (χ3n) is 2.37. The first kappa shape index (κ1) is 17.1. The molecule has 0 aliphatic rings. The molecule has 106 valence electrons. The van der Waals surface area contributed by atoms with E-state index < -0.39 is 34.8 Å². The number of hydrogen-bond donors (Lipinski definition) is 3. The van der Waals surface area contributed by atoms with Gasteiger partial charge in [-0.3, -0.25) is 9.00 Å². The summed E-state index contributed by atoms with van der Waals surface area (Å²) < 4.78 is 10.9. The highest BCUT2D eigenvalue weighted by Crippen LogP contribution is 2.03. The molecule has 4 N–H and O–H groups in total. The van der Waals surface area contributed by atoms with Crippen LogP contribution >= 0.6 is 0 Å². The van der Waals surface area contributed by atoms with Crippen molar-refractivity contribution in [3.63, 3.8) is 0 Å². The quantitative estimate of drug-likeness (QED) is 0.564.